The van der Waals surface area contributed by atoms with Crippen LogP contribution in [-0.4, -0.2) is 21.0 Å². The van der Waals surface area contributed by atoms with Crippen LogP contribution in [0.3, 0.4) is 0 Å². The predicted octanol–water partition coefficient (Wildman–Crippen LogP) is 3.40. The first kappa shape index (κ1) is 17.6. The van der Waals surface area contributed by atoms with Gasteiger partial charge < -0.3 is 4.52 Å². The molecule has 2 aromatic heterocycles. The van der Waals surface area contributed by atoms with Crippen molar-refractivity contribution in [3.05, 3.63) is 60.4 Å². The van der Waals surface area contributed by atoms with Gasteiger partial charge in [0.25, 0.3) is 0 Å². The Morgan fingerprint density at radius 1 is 1.12 bits per heavy atom. The summed E-state index contributed by atoms with van der Waals surface area (Å²) < 4.78 is 5.10. The van der Waals surface area contributed by atoms with E-state index >= 15 is 0 Å². The number of hydrogen-bond donors (Lipinski definition) is 2. The summed E-state index contributed by atoms with van der Waals surface area (Å²) in [6, 6.07) is 13.7. The van der Waals surface area contributed by atoms with Crippen LogP contribution >= 0.6 is 0 Å². The predicted molar refractivity (Wildman–Crippen MR) is 97.9 cm³/mol. The van der Waals surface area contributed by atoms with Crippen LogP contribution in [0.15, 0.2) is 59.4 Å². The highest BCUT2D eigenvalue weighted by molar-refractivity contribution is 5.78. The Kier molecular flexibility index (Phi) is 5.58. The number of hydrogen-bond acceptors (Lipinski definition) is 6. The van der Waals surface area contributed by atoms with Crippen molar-refractivity contribution < 1.29 is 9.32 Å². The highest BCUT2D eigenvalue weighted by Crippen LogP contribution is 2.27. The van der Waals surface area contributed by atoms with Crippen molar-refractivity contribution in [2.75, 3.05) is 5.43 Å². The molecular formula is C19H21N5O2. The Labute approximate surface area is 151 Å². The smallest absolute Gasteiger partial charge is 0.313 e. The summed E-state index contributed by atoms with van der Waals surface area (Å²) in [5.41, 5.74) is 7.23. The molecule has 0 saturated heterocycles. The normalized spacial score (nSPS) is 12.0. The molecule has 134 valence electrons. The van der Waals surface area contributed by atoms with Crippen LogP contribution in [-0.2, 0) is 4.79 Å². The van der Waals surface area contributed by atoms with Crippen molar-refractivity contribution in [3.8, 4) is 11.4 Å². The molecule has 3 aromatic rings. The fraction of sp³-hybridized carbons (Fsp3) is 0.263. The lowest BCUT2D eigenvalue weighted by molar-refractivity contribution is -0.121. The molecule has 1 aromatic carbocycles. The quantitative estimate of drug-likeness (QED) is 0.634. The molecule has 0 aliphatic heterocycles. The van der Waals surface area contributed by atoms with Gasteiger partial charge in [0.15, 0.2) is 0 Å². The van der Waals surface area contributed by atoms with Gasteiger partial charge in [0.1, 0.15) is 0 Å². The van der Waals surface area contributed by atoms with Crippen molar-refractivity contribution >= 4 is 11.9 Å². The van der Waals surface area contributed by atoms with E-state index in [4.69, 9.17) is 4.52 Å². The first-order valence-corrected chi connectivity index (χ1v) is 8.47. The molecule has 1 unspecified atom stereocenters. The first-order chi connectivity index (χ1) is 12.6. The molecular weight excluding hydrogens is 330 g/mol. The van der Waals surface area contributed by atoms with Crippen molar-refractivity contribution in [2.45, 2.75) is 26.2 Å². The van der Waals surface area contributed by atoms with Crippen LogP contribution < -0.4 is 10.9 Å². The van der Waals surface area contributed by atoms with Crippen LogP contribution in [0.4, 0.5) is 6.01 Å². The zero-order valence-electron chi connectivity index (χ0n) is 14.7. The zero-order chi connectivity index (χ0) is 18.4. The maximum atomic E-state index is 12.3. The number of nitrogens with zero attached hydrogens (tertiary/aromatic N) is 3. The maximum absolute atomic E-state index is 12.3. The molecule has 0 aliphatic carbocycles. The highest BCUT2D eigenvalue weighted by atomic mass is 16.5. The minimum Gasteiger partial charge on any atom is -0.313 e. The zero-order valence-corrected chi connectivity index (χ0v) is 14.7. The number of rotatable bonds is 7. The highest BCUT2D eigenvalue weighted by Gasteiger charge is 2.19. The molecule has 7 heteroatoms. The Balaban J connectivity index is 1.58. The van der Waals surface area contributed by atoms with Crippen molar-refractivity contribution in [3.63, 3.8) is 0 Å². The lowest BCUT2D eigenvalue weighted by atomic mass is 9.85. The molecule has 7 nitrogen and oxygen atoms in total. The number of amides is 1. The number of aromatic nitrogens is 3. The maximum Gasteiger partial charge on any atom is 0.340 e. The van der Waals surface area contributed by atoms with Crippen LogP contribution in [0, 0.1) is 5.92 Å². The fourth-order valence-electron chi connectivity index (χ4n) is 2.71. The minimum atomic E-state index is -0.142. The lowest BCUT2D eigenvalue weighted by Crippen LogP contribution is -2.31. The molecule has 3 rings (SSSR count). The van der Waals surface area contributed by atoms with Gasteiger partial charge in [-0.25, -0.2) is 5.43 Å². The minimum absolute atomic E-state index is 0.131. The van der Waals surface area contributed by atoms with Gasteiger partial charge in [-0.05, 0) is 29.5 Å². The third-order valence-electron chi connectivity index (χ3n) is 4.11. The molecule has 0 bridgehead atoms. The van der Waals surface area contributed by atoms with Gasteiger partial charge in [-0.3, -0.25) is 15.2 Å². The molecule has 26 heavy (non-hydrogen) atoms. The number of carbonyl (C=O) groups is 1. The van der Waals surface area contributed by atoms with Gasteiger partial charge in [0.05, 0.1) is 0 Å². The third kappa shape index (κ3) is 4.44. The van der Waals surface area contributed by atoms with Crippen molar-refractivity contribution in [2.24, 2.45) is 5.92 Å². The summed E-state index contributed by atoms with van der Waals surface area (Å²) >= 11 is 0. The van der Waals surface area contributed by atoms with E-state index in [2.05, 4.69) is 39.8 Å². The number of benzene rings is 1. The van der Waals surface area contributed by atoms with Crippen molar-refractivity contribution in [1.82, 2.24) is 20.6 Å². The van der Waals surface area contributed by atoms with E-state index in [9.17, 15) is 4.79 Å². The SMILES string of the molecule is CC(C)C(CC(=O)NNc1nc(-c2ccncc2)no1)c1ccccc1. The van der Waals surface area contributed by atoms with Gasteiger partial charge in [0.2, 0.25) is 11.7 Å². The van der Waals surface area contributed by atoms with E-state index in [1.807, 2.05) is 30.3 Å². The molecule has 0 radical (unpaired) electrons. The van der Waals surface area contributed by atoms with Gasteiger partial charge in [-0.15, -0.1) is 0 Å². The van der Waals surface area contributed by atoms with Crippen LogP contribution in [0.2, 0.25) is 0 Å². The van der Waals surface area contributed by atoms with E-state index < -0.39 is 0 Å². The Morgan fingerprint density at radius 3 is 2.54 bits per heavy atom. The van der Waals surface area contributed by atoms with Gasteiger partial charge in [0, 0.05) is 24.4 Å². The molecule has 0 fully saturated rings. The summed E-state index contributed by atoms with van der Waals surface area (Å²) in [5.74, 6) is 0.752. The third-order valence-corrected chi connectivity index (χ3v) is 4.11. The van der Waals surface area contributed by atoms with Gasteiger partial charge in [-0.1, -0.05) is 49.3 Å². The average Bonchev–Trinajstić information content (AvgIpc) is 3.15. The largest absolute Gasteiger partial charge is 0.340 e. The van der Waals surface area contributed by atoms with Crippen LogP contribution in [0.5, 0.6) is 0 Å². The second-order valence-corrected chi connectivity index (χ2v) is 6.30. The first-order valence-electron chi connectivity index (χ1n) is 8.47. The summed E-state index contributed by atoms with van der Waals surface area (Å²) in [7, 11) is 0. The Hall–Kier alpha value is -3.22. The Bertz CT molecular complexity index is 833. The molecule has 0 aliphatic rings. The van der Waals surface area contributed by atoms with E-state index in [1.54, 1.807) is 24.5 Å². The topological polar surface area (TPSA) is 92.9 Å². The molecule has 1 amide bonds. The van der Waals surface area contributed by atoms with Crippen LogP contribution in [0.1, 0.15) is 31.7 Å². The second kappa shape index (κ2) is 8.24. The number of carbonyl (C=O) groups excluding carboxylic acids is 1. The number of nitrogens with one attached hydrogen (secondary N) is 2. The van der Waals surface area contributed by atoms with E-state index in [0.717, 1.165) is 11.1 Å². The lowest BCUT2D eigenvalue weighted by Gasteiger charge is -2.20. The van der Waals surface area contributed by atoms with E-state index in [1.165, 1.54) is 0 Å². The molecule has 0 spiro atoms. The van der Waals surface area contributed by atoms with Gasteiger partial charge >= 0.3 is 6.01 Å². The second-order valence-electron chi connectivity index (χ2n) is 6.30. The monoisotopic (exact) mass is 351 g/mol. The standard InChI is InChI=1S/C19H21N5O2/c1-13(2)16(14-6-4-3-5-7-14)12-17(25)22-23-19-21-18(24-26-19)15-8-10-20-11-9-15/h3-11,13,16H,12H2,1-2H3,(H,22,25)(H,21,23,24). The molecule has 2 heterocycles. The number of pyridine rings is 1. The van der Waals surface area contributed by atoms with Crippen LogP contribution in [0.25, 0.3) is 11.4 Å². The number of anilines is 1. The molecule has 1 atom stereocenters. The van der Waals surface area contributed by atoms with Crippen molar-refractivity contribution in [1.29, 1.82) is 0 Å². The Morgan fingerprint density at radius 2 is 1.85 bits per heavy atom. The van der Waals surface area contributed by atoms with E-state index in [0.29, 0.717) is 18.2 Å². The van der Waals surface area contributed by atoms with Gasteiger partial charge in [-0.2, -0.15) is 4.98 Å². The summed E-state index contributed by atoms with van der Waals surface area (Å²) in [5, 5.41) is 3.87. The van der Waals surface area contributed by atoms with E-state index in [-0.39, 0.29) is 17.8 Å². The molecule has 0 saturated carbocycles. The number of hydrazine groups is 1. The fourth-order valence-corrected chi connectivity index (χ4v) is 2.71. The molecule has 2 N–H and O–H groups in total. The average molecular weight is 351 g/mol. The summed E-state index contributed by atoms with van der Waals surface area (Å²) in [4.78, 5) is 20.4. The summed E-state index contributed by atoms with van der Waals surface area (Å²) in [6.45, 7) is 4.22. The summed E-state index contributed by atoms with van der Waals surface area (Å²) in [6.07, 6.45) is 3.66.